The molecule has 1 aliphatic rings. The van der Waals surface area contributed by atoms with Crippen LogP contribution in [0, 0.1) is 11.8 Å². The third-order valence-electron chi connectivity index (χ3n) is 4.41. The number of halogens is 1. The highest BCUT2D eigenvalue weighted by Gasteiger charge is 2.30. The summed E-state index contributed by atoms with van der Waals surface area (Å²) in [4.78, 5) is 1.51. The molecule has 1 N–H and O–H groups in total. The summed E-state index contributed by atoms with van der Waals surface area (Å²) in [6.07, 6.45) is 8.21. The minimum Gasteiger partial charge on any atom is -0.309 e. The normalized spacial score (nSPS) is 25.4. The van der Waals surface area contributed by atoms with Crippen LogP contribution in [0.2, 0.25) is 0 Å². The zero-order valence-corrected chi connectivity index (χ0v) is 14.5. The first kappa shape index (κ1) is 15.5. The van der Waals surface area contributed by atoms with Crippen molar-refractivity contribution in [1.82, 2.24) is 5.32 Å². The lowest BCUT2D eigenvalue weighted by Crippen LogP contribution is -2.31. The highest BCUT2D eigenvalue weighted by Crippen LogP contribution is 2.42. The van der Waals surface area contributed by atoms with Gasteiger partial charge < -0.3 is 5.32 Å². The molecule has 1 aromatic rings. The Hall–Kier alpha value is 0.140. The Morgan fingerprint density at radius 3 is 2.89 bits per heavy atom. The number of nitrogens with one attached hydrogen (secondary N) is 1. The number of thiophene rings is 1. The van der Waals surface area contributed by atoms with Crippen LogP contribution < -0.4 is 5.32 Å². The van der Waals surface area contributed by atoms with Crippen molar-refractivity contribution in [3.8, 4) is 0 Å². The van der Waals surface area contributed by atoms with Gasteiger partial charge in [-0.3, -0.25) is 0 Å². The highest BCUT2D eigenvalue weighted by atomic mass is 79.9. The van der Waals surface area contributed by atoms with Crippen molar-refractivity contribution in [3.63, 3.8) is 0 Å². The first-order chi connectivity index (χ1) is 9.26. The molecule has 0 aromatic carbocycles. The summed E-state index contributed by atoms with van der Waals surface area (Å²) in [5, 5.41) is 6.02. The molecular formula is C16H26BrNS. The summed E-state index contributed by atoms with van der Waals surface area (Å²) in [6, 6.07) is 2.75. The number of hydrogen-bond acceptors (Lipinski definition) is 2. The van der Waals surface area contributed by atoms with Gasteiger partial charge in [0.05, 0.1) is 0 Å². The average Bonchev–Trinajstić information content (AvgIpc) is 2.86. The molecule has 19 heavy (non-hydrogen) atoms. The van der Waals surface area contributed by atoms with Gasteiger partial charge in [-0.05, 0) is 65.0 Å². The molecule has 0 saturated heterocycles. The predicted octanol–water partition coefficient (Wildman–Crippen LogP) is 5.77. The SMILES string of the molecule is CCCNC(c1sccc1Br)C1CCCC(CC)C1. The molecule has 1 nitrogen and oxygen atoms in total. The maximum Gasteiger partial charge on any atom is 0.0454 e. The van der Waals surface area contributed by atoms with Crippen molar-refractivity contribution in [1.29, 1.82) is 0 Å². The van der Waals surface area contributed by atoms with Crippen molar-refractivity contribution >= 4 is 27.3 Å². The van der Waals surface area contributed by atoms with Crippen molar-refractivity contribution in [2.45, 2.75) is 58.4 Å². The molecule has 3 unspecified atom stereocenters. The number of hydrogen-bond donors (Lipinski definition) is 1. The van der Waals surface area contributed by atoms with E-state index >= 15 is 0 Å². The Labute approximate surface area is 130 Å². The van der Waals surface area contributed by atoms with Crippen LogP contribution >= 0.6 is 27.3 Å². The van der Waals surface area contributed by atoms with Crippen LogP contribution in [0.5, 0.6) is 0 Å². The Morgan fingerprint density at radius 2 is 2.26 bits per heavy atom. The molecule has 3 atom stereocenters. The summed E-state index contributed by atoms with van der Waals surface area (Å²) in [5.41, 5.74) is 0. The van der Waals surface area contributed by atoms with Gasteiger partial charge in [-0.2, -0.15) is 0 Å². The molecule has 0 amide bonds. The molecule has 0 aliphatic heterocycles. The molecule has 1 fully saturated rings. The fourth-order valence-electron chi connectivity index (χ4n) is 3.31. The van der Waals surface area contributed by atoms with Crippen LogP contribution in [0.25, 0.3) is 0 Å². The van der Waals surface area contributed by atoms with Crippen molar-refractivity contribution in [3.05, 3.63) is 20.8 Å². The molecule has 0 radical (unpaired) electrons. The van der Waals surface area contributed by atoms with Gasteiger partial charge in [-0.25, -0.2) is 0 Å². The molecule has 1 aliphatic carbocycles. The molecule has 0 spiro atoms. The van der Waals surface area contributed by atoms with Crippen LogP contribution in [0.4, 0.5) is 0 Å². The Morgan fingerprint density at radius 1 is 1.42 bits per heavy atom. The average molecular weight is 344 g/mol. The first-order valence-corrected chi connectivity index (χ1v) is 9.39. The molecule has 1 heterocycles. The highest BCUT2D eigenvalue weighted by molar-refractivity contribution is 9.10. The summed E-state index contributed by atoms with van der Waals surface area (Å²) in [5.74, 6) is 1.77. The van der Waals surface area contributed by atoms with Crippen molar-refractivity contribution < 1.29 is 0 Å². The molecular weight excluding hydrogens is 318 g/mol. The van der Waals surface area contributed by atoms with Crippen LogP contribution in [0.1, 0.15) is 63.3 Å². The van der Waals surface area contributed by atoms with E-state index in [-0.39, 0.29) is 0 Å². The predicted molar refractivity (Wildman–Crippen MR) is 88.8 cm³/mol. The van der Waals surface area contributed by atoms with Gasteiger partial charge in [0.25, 0.3) is 0 Å². The fraction of sp³-hybridized carbons (Fsp3) is 0.750. The molecule has 1 saturated carbocycles. The summed E-state index contributed by atoms with van der Waals surface area (Å²) in [7, 11) is 0. The zero-order chi connectivity index (χ0) is 13.7. The third kappa shape index (κ3) is 4.05. The topological polar surface area (TPSA) is 12.0 Å². The fourth-order valence-corrected chi connectivity index (χ4v) is 5.09. The standard InChI is InChI=1S/C16H26BrNS/c1-3-9-18-15(16-14(17)8-10-19-16)13-7-5-6-12(4-2)11-13/h8,10,12-13,15,18H,3-7,9,11H2,1-2H3. The quantitative estimate of drug-likeness (QED) is 0.691. The molecule has 3 heteroatoms. The van der Waals surface area contributed by atoms with Crippen LogP contribution in [0.15, 0.2) is 15.9 Å². The largest absolute Gasteiger partial charge is 0.309 e. The van der Waals surface area contributed by atoms with E-state index in [4.69, 9.17) is 0 Å². The van der Waals surface area contributed by atoms with Crippen LogP contribution in [0.3, 0.4) is 0 Å². The Kier molecular flexibility index (Phi) is 6.37. The molecule has 2 rings (SSSR count). The second-order valence-corrected chi connectivity index (χ2v) is 7.57. The van der Waals surface area contributed by atoms with Crippen molar-refractivity contribution in [2.24, 2.45) is 11.8 Å². The lowest BCUT2D eigenvalue weighted by molar-refractivity contribution is 0.211. The third-order valence-corrected chi connectivity index (χ3v) is 6.37. The molecule has 108 valence electrons. The lowest BCUT2D eigenvalue weighted by atomic mass is 9.76. The Balaban J connectivity index is 2.10. The van der Waals surface area contributed by atoms with Gasteiger partial charge in [0.15, 0.2) is 0 Å². The summed E-state index contributed by atoms with van der Waals surface area (Å²) in [6.45, 7) is 5.73. The van der Waals surface area contributed by atoms with Gasteiger partial charge >= 0.3 is 0 Å². The lowest BCUT2D eigenvalue weighted by Gasteiger charge is -2.34. The minimum absolute atomic E-state index is 0.559. The van der Waals surface area contributed by atoms with E-state index in [1.54, 1.807) is 0 Å². The van der Waals surface area contributed by atoms with E-state index in [0.29, 0.717) is 6.04 Å². The van der Waals surface area contributed by atoms with E-state index in [9.17, 15) is 0 Å². The van der Waals surface area contributed by atoms with Gasteiger partial charge in [0.2, 0.25) is 0 Å². The number of rotatable bonds is 6. The van der Waals surface area contributed by atoms with E-state index in [2.05, 4.69) is 46.5 Å². The van der Waals surface area contributed by atoms with Crippen molar-refractivity contribution in [2.75, 3.05) is 6.54 Å². The van der Waals surface area contributed by atoms with E-state index < -0.39 is 0 Å². The van der Waals surface area contributed by atoms with Gasteiger partial charge in [-0.1, -0.05) is 33.1 Å². The monoisotopic (exact) mass is 343 g/mol. The molecule has 1 aromatic heterocycles. The first-order valence-electron chi connectivity index (χ1n) is 7.72. The second kappa shape index (κ2) is 7.80. The second-order valence-electron chi connectivity index (χ2n) is 5.77. The molecule has 0 bridgehead atoms. The Bertz CT molecular complexity index is 377. The van der Waals surface area contributed by atoms with Crippen LogP contribution in [-0.4, -0.2) is 6.54 Å². The summed E-state index contributed by atoms with van der Waals surface area (Å²) < 4.78 is 1.30. The van der Waals surface area contributed by atoms with E-state index in [0.717, 1.165) is 18.4 Å². The van der Waals surface area contributed by atoms with E-state index in [1.165, 1.54) is 47.9 Å². The van der Waals surface area contributed by atoms with E-state index in [1.807, 2.05) is 11.3 Å². The van der Waals surface area contributed by atoms with Gasteiger partial charge in [-0.15, -0.1) is 11.3 Å². The smallest absolute Gasteiger partial charge is 0.0454 e. The van der Waals surface area contributed by atoms with Gasteiger partial charge in [0.1, 0.15) is 0 Å². The summed E-state index contributed by atoms with van der Waals surface area (Å²) >= 11 is 5.63. The van der Waals surface area contributed by atoms with Crippen LogP contribution in [-0.2, 0) is 0 Å². The van der Waals surface area contributed by atoms with Gasteiger partial charge in [0, 0.05) is 15.4 Å². The maximum absolute atomic E-state index is 3.81. The maximum atomic E-state index is 3.81. The minimum atomic E-state index is 0.559. The zero-order valence-electron chi connectivity index (χ0n) is 12.1.